The van der Waals surface area contributed by atoms with Crippen molar-refractivity contribution in [3.05, 3.63) is 35.8 Å². The third-order valence-electron chi connectivity index (χ3n) is 5.07. The molecule has 0 N–H and O–H groups in total. The Morgan fingerprint density at radius 3 is 2.76 bits per heavy atom. The monoisotopic (exact) mass is 339 g/mol. The number of benzene rings is 1. The number of halogens is 1. The van der Waals surface area contributed by atoms with Crippen molar-refractivity contribution in [1.29, 1.82) is 0 Å². The normalized spacial score (nSPS) is 18.1. The summed E-state index contributed by atoms with van der Waals surface area (Å²) >= 11 is 0. The number of carbonyl (C=O) groups excluding carboxylic acids is 1. The summed E-state index contributed by atoms with van der Waals surface area (Å²) in [7, 11) is 3.44. The molecule has 0 atom stereocenters. The third kappa shape index (κ3) is 1.72. The van der Waals surface area contributed by atoms with E-state index >= 15 is 0 Å². The first-order valence-corrected chi connectivity index (χ1v) is 7.85. The standard InChI is InChI=1S/C16H14FN7O/c1-22-12-6-18-11-5-9(17)3-4-10(11)13(12)16(14(22)25)7-24(8-16)15-19-21-23(2)20-15/h3-6H,7-8H2,1-2H3. The second-order valence-corrected chi connectivity index (χ2v) is 6.56. The van der Waals surface area contributed by atoms with E-state index in [1.165, 1.54) is 16.9 Å². The number of nitrogens with zero attached hydrogens (tertiary/aromatic N) is 7. The van der Waals surface area contributed by atoms with Gasteiger partial charge in [0, 0.05) is 37.2 Å². The SMILES string of the molecule is CN1C(=O)C2(CN(c3nnn(C)n3)C2)c2c1cnc1cc(F)ccc21. The zero-order chi connectivity index (χ0) is 17.3. The van der Waals surface area contributed by atoms with Crippen LogP contribution in [0.5, 0.6) is 0 Å². The molecule has 0 unspecified atom stereocenters. The van der Waals surface area contributed by atoms with Crippen molar-refractivity contribution in [3.8, 4) is 0 Å². The van der Waals surface area contributed by atoms with E-state index in [9.17, 15) is 9.18 Å². The number of aryl methyl sites for hydroxylation is 1. The van der Waals surface area contributed by atoms with Gasteiger partial charge >= 0.3 is 0 Å². The summed E-state index contributed by atoms with van der Waals surface area (Å²) in [6.07, 6.45) is 1.65. The van der Waals surface area contributed by atoms with Crippen LogP contribution in [-0.2, 0) is 17.3 Å². The Morgan fingerprint density at radius 1 is 1.24 bits per heavy atom. The molecule has 0 saturated carbocycles. The molecular weight excluding hydrogens is 325 g/mol. The number of fused-ring (bicyclic) bond motifs is 4. The zero-order valence-corrected chi connectivity index (χ0v) is 13.6. The minimum absolute atomic E-state index is 0.0151. The fourth-order valence-electron chi connectivity index (χ4n) is 3.89. The Kier molecular flexibility index (Phi) is 2.57. The number of anilines is 2. The molecule has 25 heavy (non-hydrogen) atoms. The van der Waals surface area contributed by atoms with Crippen molar-refractivity contribution in [2.75, 3.05) is 29.9 Å². The van der Waals surface area contributed by atoms with Crippen LogP contribution in [0.4, 0.5) is 16.0 Å². The maximum Gasteiger partial charge on any atom is 0.266 e. The second kappa shape index (κ2) is 4.50. The van der Waals surface area contributed by atoms with Crippen LogP contribution in [0.15, 0.2) is 24.4 Å². The average Bonchev–Trinajstić information content (AvgIpc) is 3.07. The Bertz CT molecular complexity index is 1040. The number of tetrazole rings is 1. The van der Waals surface area contributed by atoms with E-state index in [1.54, 1.807) is 31.3 Å². The molecule has 2 aromatic heterocycles. The Morgan fingerprint density at radius 2 is 2.04 bits per heavy atom. The molecule has 1 spiro atoms. The van der Waals surface area contributed by atoms with E-state index in [-0.39, 0.29) is 11.7 Å². The van der Waals surface area contributed by atoms with Crippen molar-refractivity contribution in [2.24, 2.45) is 7.05 Å². The predicted molar refractivity (Wildman–Crippen MR) is 87.8 cm³/mol. The molecule has 1 aromatic carbocycles. The summed E-state index contributed by atoms with van der Waals surface area (Å²) in [4.78, 5) is 22.3. The maximum absolute atomic E-state index is 13.6. The highest BCUT2D eigenvalue weighted by atomic mass is 19.1. The molecule has 3 aromatic rings. The van der Waals surface area contributed by atoms with Crippen LogP contribution >= 0.6 is 0 Å². The highest BCUT2D eigenvalue weighted by Gasteiger charge is 2.59. The number of hydrogen-bond acceptors (Lipinski definition) is 6. The van der Waals surface area contributed by atoms with Crippen molar-refractivity contribution < 1.29 is 9.18 Å². The van der Waals surface area contributed by atoms with Gasteiger partial charge in [0.1, 0.15) is 11.2 Å². The number of amides is 1. The highest BCUT2D eigenvalue weighted by molar-refractivity contribution is 6.13. The van der Waals surface area contributed by atoms with Crippen molar-refractivity contribution >= 4 is 28.4 Å². The smallest absolute Gasteiger partial charge is 0.266 e. The summed E-state index contributed by atoms with van der Waals surface area (Å²) in [5.74, 6) is 0.174. The van der Waals surface area contributed by atoms with Gasteiger partial charge in [-0.1, -0.05) is 5.10 Å². The first-order chi connectivity index (χ1) is 12.0. The van der Waals surface area contributed by atoms with Crippen LogP contribution in [0, 0.1) is 5.82 Å². The molecule has 9 heteroatoms. The minimum Gasteiger partial charge on any atom is -0.335 e. The number of carbonyl (C=O) groups is 1. The first-order valence-electron chi connectivity index (χ1n) is 7.85. The molecule has 4 heterocycles. The molecule has 0 aliphatic carbocycles. The van der Waals surface area contributed by atoms with E-state index in [0.29, 0.717) is 24.6 Å². The third-order valence-corrected chi connectivity index (χ3v) is 5.07. The summed E-state index contributed by atoms with van der Waals surface area (Å²) < 4.78 is 13.6. The van der Waals surface area contributed by atoms with E-state index in [2.05, 4.69) is 20.4 Å². The number of likely N-dealkylation sites (N-methyl/N-ethyl adjacent to an activating group) is 1. The lowest BCUT2D eigenvalue weighted by molar-refractivity contribution is -0.123. The van der Waals surface area contributed by atoms with Crippen LogP contribution in [-0.4, -0.2) is 51.2 Å². The lowest BCUT2D eigenvalue weighted by atomic mass is 9.73. The van der Waals surface area contributed by atoms with Crippen LogP contribution in [0.1, 0.15) is 5.56 Å². The molecule has 2 aliphatic heterocycles. The second-order valence-electron chi connectivity index (χ2n) is 6.56. The van der Waals surface area contributed by atoms with Crippen molar-refractivity contribution in [1.82, 2.24) is 25.2 Å². The average molecular weight is 339 g/mol. The van der Waals surface area contributed by atoms with Gasteiger partial charge in [0.2, 0.25) is 5.91 Å². The molecule has 5 rings (SSSR count). The van der Waals surface area contributed by atoms with Gasteiger partial charge in [-0.05, 0) is 17.3 Å². The van der Waals surface area contributed by atoms with Gasteiger partial charge < -0.3 is 9.80 Å². The molecule has 1 amide bonds. The molecule has 1 fully saturated rings. The Balaban J connectivity index is 1.65. The fourth-order valence-corrected chi connectivity index (χ4v) is 3.89. The number of aromatic nitrogens is 5. The van der Waals surface area contributed by atoms with E-state index in [4.69, 9.17) is 0 Å². The molecule has 0 bridgehead atoms. The van der Waals surface area contributed by atoms with Crippen molar-refractivity contribution in [3.63, 3.8) is 0 Å². The molecule has 126 valence electrons. The topological polar surface area (TPSA) is 80.0 Å². The molecule has 2 aliphatic rings. The fraction of sp³-hybridized carbons (Fsp3) is 0.312. The lowest BCUT2D eigenvalue weighted by Crippen LogP contribution is -2.64. The Hall–Kier alpha value is -3.10. The largest absolute Gasteiger partial charge is 0.335 e. The van der Waals surface area contributed by atoms with Gasteiger partial charge in [0.25, 0.3) is 5.95 Å². The lowest BCUT2D eigenvalue weighted by Gasteiger charge is -2.46. The van der Waals surface area contributed by atoms with E-state index in [1.807, 2.05) is 4.90 Å². The first kappa shape index (κ1) is 14.3. The van der Waals surface area contributed by atoms with Gasteiger partial charge in [-0.2, -0.15) is 4.80 Å². The number of pyridine rings is 1. The van der Waals surface area contributed by atoms with Crippen LogP contribution in [0.3, 0.4) is 0 Å². The van der Waals surface area contributed by atoms with E-state index < -0.39 is 5.41 Å². The number of hydrogen-bond donors (Lipinski definition) is 0. The van der Waals surface area contributed by atoms with Gasteiger partial charge in [-0.15, -0.1) is 5.10 Å². The Labute approximate surface area is 141 Å². The van der Waals surface area contributed by atoms with Crippen molar-refractivity contribution in [2.45, 2.75) is 5.41 Å². The van der Waals surface area contributed by atoms with Crippen LogP contribution < -0.4 is 9.80 Å². The summed E-state index contributed by atoms with van der Waals surface area (Å²) in [5, 5.41) is 12.9. The molecule has 1 saturated heterocycles. The highest BCUT2D eigenvalue weighted by Crippen LogP contribution is 2.49. The van der Waals surface area contributed by atoms with Gasteiger partial charge in [0.05, 0.1) is 24.4 Å². The number of rotatable bonds is 1. The molecule has 8 nitrogen and oxygen atoms in total. The zero-order valence-electron chi connectivity index (χ0n) is 13.6. The minimum atomic E-state index is -0.678. The predicted octanol–water partition coefficient (Wildman–Crippen LogP) is 0.632. The molecule has 0 radical (unpaired) electrons. The summed E-state index contributed by atoms with van der Waals surface area (Å²) in [6, 6.07) is 4.50. The van der Waals surface area contributed by atoms with E-state index in [0.717, 1.165) is 16.6 Å². The van der Waals surface area contributed by atoms with Crippen LogP contribution in [0.25, 0.3) is 10.9 Å². The summed E-state index contributed by atoms with van der Waals surface area (Å²) in [5.41, 5.74) is 1.56. The van der Waals surface area contributed by atoms with Gasteiger partial charge in [-0.25, -0.2) is 4.39 Å². The quantitative estimate of drug-likeness (QED) is 0.647. The summed E-state index contributed by atoms with van der Waals surface area (Å²) in [6.45, 7) is 0.927. The van der Waals surface area contributed by atoms with Crippen LogP contribution in [0.2, 0.25) is 0 Å². The van der Waals surface area contributed by atoms with Gasteiger partial charge in [-0.3, -0.25) is 9.78 Å². The van der Waals surface area contributed by atoms with Gasteiger partial charge in [0.15, 0.2) is 0 Å². The molecular formula is C16H14FN7O. The maximum atomic E-state index is 13.6.